The molecule has 2 aromatic rings. The number of non-ortho nitro benzene ring substituents is 1. The van der Waals surface area contributed by atoms with Crippen LogP contribution in [0, 0.1) is 10.1 Å². The number of carbonyl (C=O) groups excluding carboxylic acids is 3. The van der Waals surface area contributed by atoms with Gasteiger partial charge in [0.1, 0.15) is 5.75 Å². The fourth-order valence-corrected chi connectivity index (χ4v) is 3.02. The lowest BCUT2D eigenvalue weighted by Gasteiger charge is -2.16. The number of amides is 2. The zero-order valence-electron chi connectivity index (χ0n) is 16.1. The van der Waals surface area contributed by atoms with Gasteiger partial charge in [-0.15, -0.1) is 0 Å². The third kappa shape index (κ3) is 4.72. The van der Waals surface area contributed by atoms with E-state index in [1.165, 1.54) is 31.4 Å². The number of ether oxygens (including phenoxy) is 2. The maximum Gasteiger partial charge on any atom is 0.338 e. The number of anilines is 2. The monoisotopic (exact) mass is 413 g/mol. The molecule has 10 heteroatoms. The predicted octanol–water partition coefficient (Wildman–Crippen LogP) is 2.53. The standard InChI is InChI=1S/C20H19N3O7/c1-29-17-11-15(23(27)28)7-8-16(17)21-18(24)12-30-20(26)13-4-2-5-14(10-13)22-9-3-6-19(22)25/h2,4-5,7-8,10-11H,3,6,9,12H2,1H3,(H,21,24). The van der Waals surface area contributed by atoms with Gasteiger partial charge in [-0.1, -0.05) is 6.07 Å². The summed E-state index contributed by atoms with van der Waals surface area (Å²) in [6, 6.07) is 10.2. The molecule has 1 aliphatic heterocycles. The maximum atomic E-state index is 12.3. The Morgan fingerprint density at radius 2 is 2.03 bits per heavy atom. The van der Waals surface area contributed by atoms with E-state index in [4.69, 9.17) is 9.47 Å². The molecular formula is C20H19N3O7. The van der Waals surface area contributed by atoms with Gasteiger partial charge in [-0.05, 0) is 30.7 Å². The third-order valence-corrected chi connectivity index (χ3v) is 4.47. The molecular weight excluding hydrogens is 394 g/mol. The summed E-state index contributed by atoms with van der Waals surface area (Å²) in [5.41, 5.74) is 0.839. The van der Waals surface area contributed by atoms with Crippen molar-refractivity contribution in [1.29, 1.82) is 0 Å². The fourth-order valence-electron chi connectivity index (χ4n) is 3.02. The molecule has 1 N–H and O–H groups in total. The van der Waals surface area contributed by atoms with Gasteiger partial charge >= 0.3 is 5.97 Å². The minimum absolute atomic E-state index is 0.00283. The lowest BCUT2D eigenvalue weighted by molar-refractivity contribution is -0.384. The molecule has 1 aliphatic rings. The van der Waals surface area contributed by atoms with E-state index in [-0.39, 0.29) is 28.6 Å². The van der Waals surface area contributed by atoms with E-state index in [0.29, 0.717) is 18.7 Å². The molecule has 0 bridgehead atoms. The van der Waals surface area contributed by atoms with Crippen molar-refractivity contribution in [1.82, 2.24) is 0 Å². The summed E-state index contributed by atoms with van der Waals surface area (Å²) in [5.74, 6) is -1.25. The van der Waals surface area contributed by atoms with Gasteiger partial charge in [-0.3, -0.25) is 19.7 Å². The molecule has 10 nitrogen and oxygen atoms in total. The zero-order chi connectivity index (χ0) is 21.7. The SMILES string of the molecule is COc1cc([N+](=O)[O-])ccc1NC(=O)COC(=O)c1cccc(N2CCCC2=O)c1. The van der Waals surface area contributed by atoms with E-state index in [9.17, 15) is 24.5 Å². The molecule has 0 radical (unpaired) electrons. The van der Waals surface area contributed by atoms with Crippen molar-refractivity contribution in [2.75, 3.05) is 30.5 Å². The molecule has 3 rings (SSSR count). The molecule has 1 heterocycles. The van der Waals surface area contributed by atoms with Crippen molar-refractivity contribution in [2.24, 2.45) is 0 Å². The molecule has 0 aromatic heterocycles. The summed E-state index contributed by atoms with van der Waals surface area (Å²) in [7, 11) is 1.31. The third-order valence-electron chi connectivity index (χ3n) is 4.47. The van der Waals surface area contributed by atoms with Crippen LogP contribution in [0.4, 0.5) is 17.1 Å². The van der Waals surface area contributed by atoms with E-state index in [1.54, 1.807) is 23.1 Å². The quantitative estimate of drug-likeness (QED) is 0.420. The Morgan fingerprint density at radius 1 is 1.23 bits per heavy atom. The van der Waals surface area contributed by atoms with Crippen LogP contribution in [0.2, 0.25) is 0 Å². The van der Waals surface area contributed by atoms with Crippen LogP contribution < -0.4 is 15.0 Å². The number of nitrogens with zero attached hydrogens (tertiary/aromatic N) is 2. The smallest absolute Gasteiger partial charge is 0.338 e. The predicted molar refractivity (Wildman–Crippen MR) is 107 cm³/mol. The largest absolute Gasteiger partial charge is 0.494 e. The minimum atomic E-state index is -0.714. The number of carbonyl (C=O) groups is 3. The fraction of sp³-hybridized carbons (Fsp3) is 0.250. The number of rotatable bonds is 7. The molecule has 2 aromatic carbocycles. The number of nitro benzene ring substituents is 1. The van der Waals surface area contributed by atoms with Crippen molar-refractivity contribution in [3.63, 3.8) is 0 Å². The van der Waals surface area contributed by atoms with Crippen molar-refractivity contribution in [3.8, 4) is 5.75 Å². The van der Waals surface area contributed by atoms with Crippen LogP contribution in [0.1, 0.15) is 23.2 Å². The summed E-state index contributed by atoms with van der Waals surface area (Å²) in [6.45, 7) is 0.0304. The molecule has 0 atom stereocenters. The summed E-state index contributed by atoms with van der Waals surface area (Å²) >= 11 is 0. The van der Waals surface area contributed by atoms with Gasteiger partial charge in [0.25, 0.3) is 11.6 Å². The van der Waals surface area contributed by atoms with Crippen molar-refractivity contribution >= 4 is 34.8 Å². The average Bonchev–Trinajstić information content (AvgIpc) is 3.18. The van der Waals surface area contributed by atoms with Gasteiger partial charge in [-0.25, -0.2) is 4.79 Å². The van der Waals surface area contributed by atoms with Crippen LogP contribution in [0.3, 0.4) is 0 Å². The second-order valence-corrected chi connectivity index (χ2v) is 6.47. The minimum Gasteiger partial charge on any atom is -0.494 e. The average molecular weight is 413 g/mol. The molecule has 1 saturated heterocycles. The Bertz CT molecular complexity index is 1010. The lowest BCUT2D eigenvalue weighted by atomic mass is 10.2. The van der Waals surface area contributed by atoms with Crippen LogP contribution in [-0.4, -0.2) is 43.0 Å². The van der Waals surface area contributed by atoms with E-state index in [0.717, 1.165) is 6.42 Å². The highest BCUT2D eigenvalue weighted by atomic mass is 16.6. The maximum absolute atomic E-state index is 12.3. The zero-order valence-corrected chi connectivity index (χ0v) is 16.1. The van der Waals surface area contributed by atoms with E-state index in [1.807, 2.05) is 0 Å². The van der Waals surface area contributed by atoms with Gasteiger partial charge in [0.05, 0.1) is 29.4 Å². The van der Waals surface area contributed by atoms with Crippen molar-refractivity contribution < 1.29 is 28.8 Å². The van der Waals surface area contributed by atoms with E-state index < -0.39 is 23.4 Å². The highest BCUT2D eigenvalue weighted by Crippen LogP contribution is 2.29. The topological polar surface area (TPSA) is 128 Å². The Hall–Kier alpha value is -3.95. The first-order chi connectivity index (χ1) is 14.4. The Balaban J connectivity index is 1.60. The first-order valence-corrected chi connectivity index (χ1v) is 9.09. The molecule has 1 fully saturated rings. The molecule has 0 aliphatic carbocycles. The molecule has 156 valence electrons. The van der Waals surface area contributed by atoms with Crippen LogP contribution in [0.25, 0.3) is 0 Å². The van der Waals surface area contributed by atoms with Crippen LogP contribution in [-0.2, 0) is 14.3 Å². The van der Waals surface area contributed by atoms with Crippen LogP contribution >= 0.6 is 0 Å². The number of hydrogen-bond donors (Lipinski definition) is 1. The number of methoxy groups -OCH3 is 1. The van der Waals surface area contributed by atoms with Crippen LogP contribution in [0.15, 0.2) is 42.5 Å². The van der Waals surface area contributed by atoms with Crippen LogP contribution in [0.5, 0.6) is 5.75 Å². The summed E-state index contributed by atoms with van der Waals surface area (Å²) in [4.78, 5) is 48.1. The van der Waals surface area contributed by atoms with Gasteiger partial charge < -0.3 is 19.7 Å². The number of nitro groups is 1. The molecule has 0 unspecified atom stereocenters. The van der Waals surface area contributed by atoms with Crippen molar-refractivity contribution in [3.05, 3.63) is 58.1 Å². The molecule has 0 saturated carbocycles. The van der Waals surface area contributed by atoms with E-state index >= 15 is 0 Å². The molecule has 0 spiro atoms. The second kappa shape index (κ2) is 9.03. The number of benzene rings is 2. The first kappa shape index (κ1) is 20.8. The van der Waals surface area contributed by atoms with Gasteiger partial charge in [0, 0.05) is 24.7 Å². The molecule has 2 amide bonds. The van der Waals surface area contributed by atoms with Gasteiger partial charge in [0.15, 0.2) is 6.61 Å². The number of esters is 1. The van der Waals surface area contributed by atoms with E-state index in [2.05, 4.69) is 5.32 Å². The highest BCUT2D eigenvalue weighted by Gasteiger charge is 2.22. The number of nitrogens with one attached hydrogen (secondary N) is 1. The number of hydrogen-bond acceptors (Lipinski definition) is 7. The Labute approximate surface area is 171 Å². The highest BCUT2D eigenvalue weighted by molar-refractivity contribution is 5.99. The molecule has 30 heavy (non-hydrogen) atoms. The normalized spacial score (nSPS) is 13.1. The second-order valence-electron chi connectivity index (χ2n) is 6.47. The summed E-state index contributed by atoms with van der Waals surface area (Å²) < 4.78 is 10.1. The Morgan fingerprint density at radius 3 is 2.70 bits per heavy atom. The van der Waals surface area contributed by atoms with Gasteiger partial charge in [-0.2, -0.15) is 0 Å². The Kier molecular flexibility index (Phi) is 6.26. The summed E-state index contributed by atoms with van der Waals surface area (Å²) in [6.07, 6.45) is 1.24. The van der Waals surface area contributed by atoms with Gasteiger partial charge in [0.2, 0.25) is 5.91 Å². The first-order valence-electron chi connectivity index (χ1n) is 9.09. The lowest BCUT2D eigenvalue weighted by Crippen LogP contribution is -2.24. The summed E-state index contributed by atoms with van der Waals surface area (Å²) in [5, 5.41) is 13.3. The van der Waals surface area contributed by atoms with Crippen molar-refractivity contribution in [2.45, 2.75) is 12.8 Å².